The highest BCUT2D eigenvalue weighted by molar-refractivity contribution is 7.91. The van der Waals surface area contributed by atoms with Crippen molar-refractivity contribution in [1.82, 2.24) is 5.32 Å². The minimum absolute atomic E-state index is 0.0866. The summed E-state index contributed by atoms with van der Waals surface area (Å²) in [6.45, 7) is 2.60. The third-order valence-electron chi connectivity index (χ3n) is 3.32. The standard InChI is InChI=1S/C16H19ClN2O4S2/c1-11-9-12(17)4-6-14(11)23-8-2-3-15(20)19-10-13-5-7-16(24-13)25(18,21)22/h4-7,9H,2-3,8,10H2,1H3,(H,19,20)(H2,18,21,22). The molecule has 0 fully saturated rings. The van der Waals surface area contributed by atoms with Gasteiger partial charge in [-0.15, -0.1) is 11.3 Å². The lowest BCUT2D eigenvalue weighted by Gasteiger charge is -2.09. The highest BCUT2D eigenvalue weighted by Crippen LogP contribution is 2.22. The molecule has 0 saturated heterocycles. The maximum Gasteiger partial charge on any atom is 0.247 e. The van der Waals surface area contributed by atoms with Gasteiger partial charge in [0.2, 0.25) is 15.9 Å². The molecule has 0 aliphatic carbocycles. The molecule has 3 N–H and O–H groups in total. The summed E-state index contributed by atoms with van der Waals surface area (Å²) < 4.78 is 28.1. The number of ether oxygens (including phenoxy) is 1. The second-order valence-corrected chi connectivity index (χ2v) is 8.80. The number of benzene rings is 1. The van der Waals surface area contributed by atoms with Crippen LogP contribution < -0.4 is 15.2 Å². The summed E-state index contributed by atoms with van der Waals surface area (Å²) in [6, 6.07) is 8.45. The zero-order valence-corrected chi connectivity index (χ0v) is 16.0. The summed E-state index contributed by atoms with van der Waals surface area (Å²) in [5, 5.41) is 8.45. The Bertz CT molecular complexity index is 850. The summed E-state index contributed by atoms with van der Waals surface area (Å²) in [7, 11) is -3.69. The first-order valence-corrected chi connectivity index (χ1v) is 10.3. The van der Waals surface area contributed by atoms with Crippen LogP contribution in [0.2, 0.25) is 5.02 Å². The lowest BCUT2D eigenvalue weighted by molar-refractivity contribution is -0.121. The van der Waals surface area contributed by atoms with E-state index < -0.39 is 10.0 Å². The molecular formula is C16H19ClN2O4S2. The molecule has 0 aliphatic heterocycles. The monoisotopic (exact) mass is 402 g/mol. The highest BCUT2D eigenvalue weighted by atomic mass is 35.5. The summed E-state index contributed by atoms with van der Waals surface area (Å²) in [4.78, 5) is 12.5. The number of hydrogen-bond acceptors (Lipinski definition) is 5. The molecule has 1 aromatic heterocycles. The minimum Gasteiger partial charge on any atom is -0.493 e. The Morgan fingerprint density at radius 1 is 1.32 bits per heavy atom. The summed E-state index contributed by atoms with van der Waals surface area (Å²) in [6.07, 6.45) is 0.890. The second kappa shape index (κ2) is 8.66. The molecule has 0 aliphatic rings. The number of nitrogens with two attached hydrogens (primary N) is 1. The van der Waals surface area contributed by atoms with E-state index in [9.17, 15) is 13.2 Å². The van der Waals surface area contributed by atoms with Crippen molar-refractivity contribution < 1.29 is 17.9 Å². The van der Waals surface area contributed by atoms with Gasteiger partial charge in [0, 0.05) is 16.3 Å². The molecule has 25 heavy (non-hydrogen) atoms. The number of carbonyl (C=O) groups is 1. The molecule has 1 amide bonds. The van der Waals surface area contributed by atoms with Crippen LogP contribution in [0.4, 0.5) is 0 Å². The van der Waals surface area contributed by atoms with Gasteiger partial charge in [0.1, 0.15) is 9.96 Å². The fourth-order valence-electron chi connectivity index (χ4n) is 2.07. The minimum atomic E-state index is -3.69. The fraction of sp³-hybridized carbons (Fsp3) is 0.312. The fourth-order valence-corrected chi connectivity index (χ4v) is 4.01. The average molecular weight is 403 g/mol. The first-order valence-electron chi connectivity index (χ1n) is 7.53. The van der Waals surface area contributed by atoms with E-state index in [-0.39, 0.29) is 16.7 Å². The van der Waals surface area contributed by atoms with Gasteiger partial charge in [-0.05, 0) is 49.2 Å². The molecule has 0 radical (unpaired) electrons. The third-order valence-corrected chi connectivity index (χ3v) is 6.08. The predicted octanol–water partition coefficient (Wildman–Crippen LogP) is 2.83. The van der Waals surface area contributed by atoms with Crippen molar-refractivity contribution in [3.8, 4) is 5.75 Å². The summed E-state index contributed by atoms with van der Waals surface area (Å²) in [5.74, 6) is 0.626. The lowest BCUT2D eigenvalue weighted by Crippen LogP contribution is -2.22. The van der Waals surface area contributed by atoms with Crippen LogP contribution in [0.15, 0.2) is 34.5 Å². The SMILES string of the molecule is Cc1cc(Cl)ccc1OCCCC(=O)NCc1ccc(S(N)(=O)=O)s1. The zero-order chi connectivity index (χ0) is 18.4. The number of sulfonamides is 1. The van der Waals surface area contributed by atoms with Gasteiger partial charge in [-0.3, -0.25) is 4.79 Å². The molecule has 2 rings (SSSR count). The quantitative estimate of drug-likeness (QED) is 0.663. The van der Waals surface area contributed by atoms with Crippen LogP contribution in [0.3, 0.4) is 0 Å². The Morgan fingerprint density at radius 3 is 2.72 bits per heavy atom. The highest BCUT2D eigenvalue weighted by Gasteiger charge is 2.11. The van der Waals surface area contributed by atoms with Gasteiger partial charge in [0.25, 0.3) is 0 Å². The van der Waals surface area contributed by atoms with Crippen LogP contribution in [0.1, 0.15) is 23.3 Å². The Morgan fingerprint density at radius 2 is 2.08 bits per heavy atom. The van der Waals surface area contributed by atoms with E-state index in [1.807, 2.05) is 13.0 Å². The molecule has 6 nitrogen and oxygen atoms in total. The molecule has 1 heterocycles. The zero-order valence-electron chi connectivity index (χ0n) is 13.6. The molecule has 0 spiro atoms. The van der Waals surface area contributed by atoms with Crippen LogP contribution in [-0.4, -0.2) is 20.9 Å². The van der Waals surface area contributed by atoms with E-state index in [0.717, 1.165) is 27.5 Å². The molecule has 0 bridgehead atoms. The first kappa shape index (κ1) is 19.7. The van der Waals surface area contributed by atoms with Crippen molar-refractivity contribution in [2.45, 2.75) is 30.5 Å². The van der Waals surface area contributed by atoms with E-state index in [0.29, 0.717) is 24.5 Å². The number of aryl methyl sites for hydroxylation is 1. The number of halogens is 1. The summed E-state index contributed by atoms with van der Waals surface area (Å²) >= 11 is 6.93. The van der Waals surface area contributed by atoms with E-state index in [2.05, 4.69) is 5.32 Å². The first-order chi connectivity index (χ1) is 11.8. The van der Waals surface area contributed by atoms with Gasteiger partial charge in [-0.2, -0.15) is 0 Å². The van der Waals surface area contributed by atoms with Gasteiger partial charge in [-0.25, -0.2) is 13.6 Å². The van der Waals surface area contributed by atoms with Gasteiger partial charge >= 0.3 is 0 Å². The van der Waals surface area contributed by atoms with Gasteiger partial charge in [0.05, 0.1) is 13.2 Å². The number of amides is 1. The summed E-state index contributed by atoms with van der Waals surface area (Å²) in [5.41, 5.74) is 0.945. The van der Waals surface area contributed by atoms with Crippen LogP contribution in [0, 0.1) is 6.92 Å². The van der Waals surface area contributed by atoms with Crippen LogP contribution in [-0.2, 0) is 21.4 Å². The topological polar surface area (TPSA) is 98.5 Å². The number of hydrogen-bond donors (Lipinski definition) is 2. The predicted molar refractivity (Wildman–Crippen MR) is 98.5 cm³/mol. The number of thiophene rings is 1. The van der Waals surface area contributed by atoms with E-state index in [4.69, 9.17) is 21.5 Å². The molecule has 0 saturated carbocycles. The Balaban J connectivity index is 1.69. The second-order valence-electron chi connectivity index (χ2n) is 5.40. The molecule has 0 atom stereocenters. The molecule has 9 heteroatoms. The van der Waals surface area contributed by atoms with Crippen LogP contribution in [0.5, 0.6) is 5.75 Å². The van der Waals surface area contributed by atoms with Crippen LogP contribution in [0.25, 0.3) is 0 Å². The van der Waals surface area contributed by atoms with Crippen molar-refractivity contribution in [2.24, 2.45) is 5.14 Å². The average Bonchev–Trinajstić information content (AvgIpc) is 3.00. The van der Waals surface area contributed by atoms with Crippen molar-refractivity contribution in [3.05, 3.63) is 45.8 Å². The Labute approximate surface area is 156 Å². The van der Waals surface area contributed by atoms with Gasteiger partial charge in [0.15, 0.2) is 0 Å². The maximum absolute atomic E-state index is 11.8. The maximum atomic E-state index is 11.8. The van der Waals surface area contributed by atoms with Crippen molar-refractivity contribution in [1.29, 1.82) is 0 Å². The van der Waals surface area contributed by atoms with E-state index in [1.165, 1.54) is 6.07 Å². The van der Waals surface area contributed by atoms with Crippen molar-refractivity contribution in [2.75, 3.05) is 6.61 Å². The Kier molecular flexibility index (Phi) is 6.83. The number of nitrogens with one attached hydrogen (secondary N) is 1. The van der Waals surface area contributed by atoms with Gasteiger partial charge in [-0.1, -0.05) is 11.6 Å². The van der Waals surface area contributed by atoms with Crippen molar-refractivity contribution in [3.63, 3.8) is 0 Å². The van der Waals surface area contributed by atoms with Crippen LogP contribution >= 0.6 is 22.9 Å². The van der Waals surface area contributed by atoms with E-state index >= 15 is 0 Å². The Hall–Kier alpha value is -1.61. The normalized spacial score (nSPS) is 11.3. The largest absolute Gasteiger partial charge is 0.493 e. The number of primary sulfonamides is 1. The third kappa shape index (κ3) is 6.32. The number of rotatable bonds is 8. The van der Waals surface area contributed by atoms with E-state index in [1.54, 1.807) is 18.2 Å². The molecule has 2 aromatic rings. The molecule has 1 aromatic carbocycles. The molecular weight excluding hydrogens is 384 g/mol. The smallest absolute Gasteiger partial charge is 0.247 e. The molecule has 136 valence electrons. The van der Waals surface area contributed by atoms with Crippen molar-refractivity contribution >= 4 is 38.9 Å². The lowest BCUT2D eigenvalue weighted by atomic mass is 10.2. The molecule has 0 unspecified atom stereocenters. The number of carbonyl (C=O) groups excluding carboxylic acids is 1. The van der Waals surface area contributed by atoms with Gasteiger partial charge < -0.3 is 10.1 Å².